The van der Waals surface area contributed by atoms with Gasteiger partial charge in [0.15, 0.2) is 0 Å². The van der Waals surface area contributed by atoms with Crippen LogP contribution in [0.15, 0.2) is 36.4 Å². The highest BCUT2D eigenvalue weighted by Gasteiger charge is 2.17. The standard InChI is InChI=1S/C18H21NO/c1-12-4-5-14(8-13(12)2)18(19-3)15-6-7-16-10-20-11-17(16)9-15/h4-9,18-19H,10-11H2,1-3H3. The minimum atomic E-state index is 0.236. The number of nitrogens with one attached hydrogen (secondary N) is 1. The Balaban J connectivity index is 1.98. The molecule has 0 spiro atoms. The van der Waals surface area contributed by atoms with E-state index in [0.717, 1.165) is 13.2 Å². The van der Waals surface area contributed by atoms with Crippen LogP contribution in [0.5, 0.6) is 0 Å². The van der Waals surface area contributed by atoms with E-state index in [1.807, 2.05) is 7.05 Å². The van der Waals surface area contributed by atoms with Gasteiger partial charge in [-0.1, -0.05) is 36.4 Å². The number of ether oxygens (including phenoxy) is 1. The van der Waals surface area contributed by atoms with Crippen molar-refractivity contribution in [3.63, 3.8) is 0 Å². The highest BCUT2D eigenvalue weighted by Crippen LogP contribution is 2.28. The van der Waals surface area contributed by atoms with E-state index in [4.69, 9.17) is 4.74 Å². The third kappa shape index (κ3) is 2.37. The van der Waals surface area contributed by atoms with E-state index >= 15 is 0 Å². The molecule has 1 atom stereocenters. The lowest BCUT2D eigenvalue weighted by molar-refractivity contribution is 0.134. The molecule has 0 radical (unpaired) electrons. The van der Waals surface area contributed by atoms with Crippen molar-refractivity contribution in [3.05, 3.63) is 69.8 Å². The first kappa shape index (κ1) is 13.3. The molecule has 0 amide bonds. The van der Waals surface area contributed by atoms with Gasteiger partial charge in [-0.05, 0) is 54.3 Å². The Labute approximate surface area is 120 Å². The van der Waals surface area contributed by atoms with Gasteiger partial charge in [0.25, 0.3) is 0 Å². The van der Waals surface area contributed by atoms with E-state index in [-0.39, 0.29) is 6.04 Å². The number of hydrogen-bond acceptors (Lipinski definition) is 2. The largest absolute Gasteiger partial charge is 0.372 e. The predicted molar refractivity (Wildman–Crippen MR) is 81.8 cm³/mol. The first-order valence-electron chi connectivity index (χ1n) is 7.13. The molecule has 0 bridgehead atoms. The summed E-state index contributed by atoms with van der Waals surface area (Å²) in [6, 6.07) is 13.6. The van der Waals surface area contributed by atoms with Gasteiger partial charge >= 0.3 is 0 Å². The maximum Gasteiger partial charge on any atom is 0.0725 e. The maximum atomic E-state index is 5.50. The SMILES string of the molecule is CNC(c1ccc(C)c(C)c1)c1ccc2c(c1)COC2. The van der Waals surface area contributed by atoms with Crippen LogP contribution in [-0.2, 0) is 18.0 Å². The van der Waals surface area contributed by atoms with Crippen LogP contribution in [0.1, 0.15) is 39.4 Å². The third-order valence-corrected chi connectivity index (χ3v) is 4.23. The number of fused-ring (bicyclic) bond motifs is 1. The van der Waals surface area contributed by atoms with E-state index < -0.39 is 0 Å². The van der Waals surface area contributed by atoms with Gasteiger partial charge in [0, 0.05) is 0 Å². The zero-order valence-electron chi connectivity index (χ0n) is 12.4. The molecule has 2 heteroatoms. The minimum absolute atomic E-state index is 0.236. The van der Waals surface area contributed by atoms with Crippen molar-refractivity contribution in [2.75, 3.05) is 7.05 Å². The summed E-state index contributed by atoms with van der Waals surface area (Å²) in [6.45, 7) is 5.82. The first-order valence-corrected chi connectivity index (χ1v) is 7.13. The molecular weight excluding hydrogens is 246 g/mol. The normalized spacial score (nSPS) is 15.2. The zero-order chi connectivity index (χ0) is 14.1. The summed E-state index contributed by atoms with van der Waals surface area (Å²) >= 11 is 0. The Hall–Kier alpha value is -1.64. The van der Waals surface area contributed by atoms with E-state index in [2.05, 4.69) is 55.6 Å². The van der Waals surface area contributed by atoms with Gasteiger partial charge in [0.1, 0.15) is 0 Å². The highest BCUT2D eigenvalue weighted by atomic mass is 16.5. The lowest BCUT2D eigenvalue weighted by Gasteiger charge is -2.19. The van der Waals surface area contributed by atoms with Gasteiger partial charge in [-0.3, -0.25) is 0 Å². The lowest BCUT2D eigenvalue weighted by atomic mass is 9.94. The number of hydrogen-bond donors (Lipinski definition) is 1. The van der Waals surface area contributed by atoms with Gasteiger partial charge in [-0.15, -0.1) is 0 Å². The van der Waals surface area contributed by atoms with Crippen molar-refractivity contribution in [2.24, 2.45) is 0 Å². The molecule has 0 saturated heterocycles. The van der Waals surface area contributed by atoms with Crippen molar-refractivity contribution in [2.45, 2.75) is 33.1 Å². The molecule has 1 N–H and O–H groups in total. The molecule has 1 heterocycles. The molecule has 104 valence electrons. The van der Waals surface area contributed by atoms with E-state index in [1.165, 1.54) is 33.4 Å². The summed E-state index contributed by atoms with van der Waals surface area (Å²) in [4.78, 5) is 0. The molecule has 1 aliphatic heterocycles. The molecule has 2 aromatic rings. The Kier molecular flexibility index (Phi) is 3.60. The van der Waals surface area contributed by atoms with Crippen LogP contribution < -0.4 is 5.32 Å². The predicted octanol–water partition coefficient (Wildman–Crippen LogP) is 3.64. The average molecular weight is 267 g/mol. The summed E-state index contributed by atoms with van der Waals surface area (Å²) in [6.07, 6.45) is 0. The molecule has 1 aliphatic rings. The van der Waals surface area contributed by atoms with Crippen molar-refractivity contribution in [1.29, 1.82) is 0 Å². The van der Waals surface area contributed by atoms with E-state index in [9.17, 15) is 0 Å². The Bertz CT molecular complexity index is 633. The topological polar surface area (TPSA) is 21.3 Å². The van der Waals surface area contributed by atoms with Crippen LogP contribution in [0.2, 0.25) is 0 Å². The fourth-order valence-electron chi connectivity index (χ4n) is 2.84. The molecule has 2 nitrogen and oxygen atoms in total. The number of benzene rings is 2. The smallest absolute Gasteiger partial charge is 0.0725 e. The van der Waals surface area contributed by atoms with E-state index in [1.54, 1.807) is 0 Å². The van der Waals surface area contributed by atoms with Gasteiger partial charge < -0.3 is 10.1 Å². The van der Waals surface area contributed by atoms with Gasteiger partial charge in [-0.25, -0.2) is 0 Å². The molecule has 1 unspecified atom stereocenters. The second-order valence-corrected chi connectivity index (χ2v) is 5.59. The Morgan fingerprint density at radius 3 is 2.35 bits per heavy atom. The quantitative estimate of drug-likeness (QED) is 0.916. The second-order valence-electron chi connectivity index (χ2n) is 5.59. The Morgan fingerprint density at radius 2 is 1.60 bits per heavy atom. The van der Waals surface area contributed by atoms with E-state index in [0.29, 0.717) is 0 Å². The first-order chi connectivity index (χ1) is 9.69. The summed E-state index contributed by atoms with van der Waals surface area (Å²) < 4.78 is 5.50. The van der Waals surface area contributed by atoms with Crippen LogP contribution in [0.25, 0.3) is 0 Å². The van der Waals surface area contributed by atoms with Crippen LogP contribution in [-0.4, -0.2) is 7.05 Å². The van der Waals surface area contributed by atoms with Crippen LogP contribution in [0.3, 0.4) is 0 Å². The van der Waals surface area contributed by atoms with Crippen LogP contribution >= 0.6 is 0 Å². The third-order valence-electron chi connectivity index (χ3n) is 4.23. The van der Waals surface area contributed by atoms with Crippen molar-refractivity contribution in [3.8, 4) is 0 Å². The molecule has 0 aromatic heterocycles. The highest BCUT2D eigenvalue weighted by molar-refractivity contribution is 5.41. The maximum absolute atomic E-state index is 5.50. The van der Waals surface area contributed by atoms with Crippen molar-refractivity contribution >= 4 is 0 Å². The number of rotatable bonds is 3. The summed E-state index contributed by atoms with van der Waals surface area (Å²) in [7, 11) is 2.02. The summed E-state index contributed by atoms with van der Waals surface area (Å²) in [5, 5.41) is 3.43. The zero-order valence-corrected chi connectivity index (χ0v) is 12.4. The molecule has 3 rings (SSSR count). The summed E-state index contributed by atoms with van der Waals surface area (Å²) in [5.74, 6) is 0. The molecule has 2 aromatic carbocycles. The minimum Gasteiger partial charge on any atom is -0.372 e. The van der Waals surface area contributed by atoms with Crippen molar-refractivity contribution < 1.29 is 4.74 Å². The fourth-order valence-corrected chi connectivity index (χ4v) is 2.84. The molecule has 0 fully saturated rings. The fraction of sp³-hybridized carbons (Fsp3) is 0.333. The monoisotopic (exact) mass is 267 g/mol. The molecule has 0 aliphatic carbocycles. The lowest BCUT2D eigenvalue weighted by Crippen LogP contribution is -2.18. The van der Waals surface area contributed by atoms with Crippen molar-refractivity contribution in [1.82, 2.24) is 5.32 Å². The number of aryl methyl sites for hydroxylation is 2. The van der Waals surface area contributed by atoms with Crippen LogP contribution in [0.4, 0.5) is 0 Å². The molecule has 20 heavy (non-hydrogen) atoms. The van der Waals surface area contributed by atoms with Gasteiger partial charge in [0.05, 0.1) is 19.3 Å². The van der Waals surface area contributed by atoms with Gasteiger partial charge in [0.2, 0.25) is 0 Å². The molecule has 0 saturated carbocycles. The Morgan fingerprint density at radius 1 is 0.900 bits per heavy atom. The van der Waals surface area contributed by atoms with Crippen LogP contribution in [0, 0.1) is 13.8 Å². The summed E-state index contributed by atoms with van der Waals surface area (Å²) in [5.41, 5.74) is 7.95. The molecular formula is C18H21NO. The van der Waals surface area contributed by atoms with Gasteiger partial charge in [-0.2, -0.15) is 0 Å². The average Bonchev–Trinajstić information content (AvgIpc) is 2.91. The second kappa shape index (κ2) is 5.39.